The summed E-state index contributed by atoms with van der Waals surface area (Å²) < 4.78 is 0. The Labute approximate surface area is 121 Å². The van der Waals surface area contributed by atoms with Gasteiger partial charge in [-0.15, -0.1) is 0 Å². The number of rotatable bonds is 3. The predicted molar refractivity (Wildman–Crippen MR) is 80.6 cm³/mol. The average molecular weight is 272 g/mol. The Balaban J connectivity index is 1.48. The number of piperazine rings is 1. The zero-order valence-corrected chi connectivity index (χ0v) is 12.1. The largest absolute Gasteiger partial charge is 0.300 e. The number of benzene rings is 1. The summed E-state index contributed by atoms with van der Waals surface area (Å²) in [6.07, 6.45) is 3.90. The zero-order valence-electron chi connectivity index (χ0n) is 12.1. The third kappa shape index (κ3) is 3.47. The van der Waals surface area contributed by atoms with Gasteiger partial charge in [-0.05, 0) is 18.4 Å². The molecule has 3 nitrogen and oxygen atoms in total. The predicted octanol–water partition coefficient (Wildman–Crippen LogP) is 2.32. The highest BCUT2D eigenvalue weighted by atomic mass is 16.1. The van der Waals surface area contributed by atoms with Crippen LogP contribution in [0.25, 0.3) is 0 Å². The number of hydrogen-bond acceptors (Lipinski definition) is 3. The van der Waals surface area contributed by atoms with Gasteiger partial charge >= 0.3 is 0 Å². The first-order valence-electron chi connectivity index (χ1n) is 7.83. The van der Waals surface area contributed by atoms with Gasteiger partial charge in [-0.2, -0.15) is 0 Å². The van der Waals surface area contributed by atoms with E-state index in [2.05, 4.69) is 40.1 Å². The number of ketones is 1. The lowest BCUT2D eigenvalue weighted by atomic mass is 9.92. The Morgan fingerprint density at radius 2 is 1.80 bits per heavy atom. The van der Waals surface area contributed by atoms with E-state index >= 15 is 0 Å². The second-order valence-electron chi connectivity index (χ2n) is 6.09. The molecule has 1 aliphatic heterocycles. The van der Waals surface area contributed by atoms with Gasteiger partial charge in [0, 0.05) is 51.6 Å². The summed E-state index contributed by atoms with van der Waals surface area (Å²) in [5, 5.41) is 0. The lowest BCUT2D eigenvalue weighted by Crippen LogP contribution is -2.51. The van der Waals surface area contributed by atoms with Crippen molar-refractivity contribution < 1.29 is 4.79 Å². The van der Waals surface area contributed by atoms with E-state index in [4.69, 9.17) is 0 Å². The van der Waals surface area contributed by atoms with Gasteiger partial charge in [0.1, 0.15) is 5.78 Å². The minimum absolute atomic E-state index is 0.466. The molecule has 2 aliphatic rings. The topological polar surface area (TPSA) is 23.6 Å². The van der Waals surface area contributed by atoms with Crippen molar-refractivity contribution in [2.75, 3.05) is 26.2 Å². The molecule has 0 amide bonds. The Morgan fingerprint density at radius 3 is 2.50 bits per heavy atom. The van der Waals surface area contributed by atoms with Gasteiger partial charge in [-0.25, -0.2) is 0 Å². The Morgan fingerprint density at radius 1 is 1.05 bits per heavy atom. The van der Waals surface area contributed by atoms with Crippen LogP contribution in [-0.4, -0.2) is 47.8 Å². The van der Waals surface area contributed by atoms with Gasteiger partial charge in [-0.3, -0.25) is 14.6 Å². The van der Waals surface area contributed by atoms with E-state index in [1.165, 1.54) is 12.0 Å². The summed E-state index contributed by atoms with van der Waals surface area (Å²) in [6.45, 7) is 5.53. The summed E-state index contributed by atoms with van der Waals surface area (Å²) in [4.78, 5) is 16.6. The van der Waals surface area contributed by atoms with Crippen LogP contribution < -0.4 is 0 Å². The summed E-state index contributed by atoms with van der Waals surface area (Å²) in [7, 11) is 0. The van der Waals surface area contributed by atoms with Crippen molar-refractivity contribution in [3.63, 3.8) is 0 Å². The standard InChI is InChI=1S/C17H24N2O/c20-17-8-4-7-16(13-17)19-11-9-18(10-12-19)14-15-5-2-1-3-6-15/h1-3,5-6,16H,4,7-14H2. The summed E-state index contributed by atoms with van der Waals surface area (Å²) >= 11 is 0. The minimum atomic E-state index is 0.466. The van der Waals surface area contributed by atoms with Crippen molar-refractivity contribution in [1.29, 1.82) is 0 Å². The summed E-state index contributed by atoms with van der Waals surface area (Å²) in [5.74, 6) is 0.466. The van der Waals surface area contributed by atoms with Crippen LogP contribution >= 0.6 is 0 Å². The molecule has 0 aromatic heterocycles. The molecule has 1 aromatic rings. The molecule has 1 heterocycles. The van der Waals surface area contributed by atoms with Crippen molar-refractivity contribution in [3.05, 3.63) is 35.9 Å². The average Bonchev–Trinajstić information content (AvgIpc) is 2.49. The molecule has 0 N–H and O–H groups in total. The van der Waals surface area contributed by atoms with E-state index in [9.17, 15) is 4.79 Å². The van der Waals surface area contributed by atoms with Gasteiger partial charge in [0.15, 0.2) is 0 Å². The highest BCUT2D eigenvalue weighted by Crippen LogP contribution is 2.21. The molecule has 1 saturated heterocycles. The van der Waals surface area contributed by atoms with Crippen molar-refractivity contribution in [2.45, 2.75) is 38.3 Å². The molecule has 3 heteroatoms. The molecule has 0 radical (unpaired) electrons. The van der Waals surface area contributed by atoms with Gasteiger partial charge in [0.2, 0.25) is 0 Å². The fraction of sp³-hybridized carbons (Fsp3) is 0.588. The number of carbonyl (C=O) groups is 1. The molecule has 2 fully saturated rings. The van der Waals surface area contributed by atoms with Crippen LogP contribution in [0.3, 0.4) is 0 Å². The Hall–Kier alpha value is -1.19. The molecule has 1 unspecified atom stereocenters. The van der Waals surface area contributed by atoms with Crippen LogP contribution in [0.2, 0.25) is 0 Å². The molecule has 3 rings (SSSR count). The van der Waals surface area contributed by atoms with E-state index in [0.29, 0.717) is 11.8 Å². The monoisotopic (exact) mass is 272 g/mol. The summed E-state index contributed by atoms with van der Waals surface area (Å²) in [5.41, 5.74) is 1.40. The Kier molecular flexibility index (Phi) is 4.48. The number of nitrogens with zero attached hydrogens (tertiary/aromatic N) is 2. The minimum Gasteiger partial charge on any atom is -0.300 e. The molecule has 20 heavy (non-hydrogen) atoms. The lowest BCUT2D eigenvalue weighted by Gasteiger charge is -2.40. The molecule has 1 saturated carbocycles. The molecule has 1 aliphatic carbocycles. The quantitative estimate of drug-likeness (QED) is 0.843. The van der Waals surface area contributed by atoms with Crippen LogP contribution in [0.5, 0.6) is 0 Å². The molecule has 1 aromatic carbocycles. The molecule has 0 bridgehead atoms. The first-order chi connectivity index (χ1) is 9.81. The van der Waals surface area contributed by atoms with Crippen molar-refractivity contribution in [1.82, 2.24) is 9.80 Å². The van der Waals surface area contributed by atoms with E-state index in [0.717, 1.165) is 52.0 Å². The first kappa shape index (κ1) is 13.8. The second kappa shape index (κ2) is 6.51. The van der Waals surface area contributed by atoms with Crippen LogP contribution in [0.15, 0.2) is 30.3 Å². The fourth-order valence-electron chi connectivity index (χ4n) is 3.44. The third-order valence-corrected chi connectivity index (χ3v) is 4.63. The van der Waals surface area contributed by atoms with Crippen LogP contribution in [-0.2, 0) is 11.3 Å². The van der Waals surface area contributed by atoms with Gasteiger partial charge in [0.05, 0.1) is 0 Å². The summed E-state index contributed by atoms with van der Waals surface area (Å²) in [6, 6.07) is 11.2. The second-order valence-corrected chi connectivity index (χ2v) is 6.09. The normalized spacial score (nSPS) is 25.8. The smallest absolute Gasteiger partial charge is 0.134 e. The van der Waals surface area contributed by atoms with Gasteiger partial charge < -0.3 is 0 Å². The third-order valence-electron chi connectivity index (χ3n) is 4.63. The van der Waals surface area contributed by atoms with E-state index < -0.39 is 0 Å². The first-order valence-corrected chi connectivity index (χ1v) is 7.83. The van der Waals surface area contributed by atoms with Crippen LogP contribution in [0.1, 0.15) is 31.2 Å². The molecule has 1 atom stereocenters. The number of carbonyl (C=O) groups excluding carboxylic acids is 1. The molecular weight excluding hydrogens is 248 g/mol. The van der Waals surface area contributed by atoms with E-state index in [-0.39, 0.29) is 0 Å². The zero-order chi connectivity index (χ0) is 13.8. The number of hydrogen-bond donors (Lipinski definition) is 0. The Bertz CT molecular complexity index is 438. The van der Waals surface area contributed by atoms with E-state index in [1.54, 1.807) is 0 Å². The lowest BCUT2D eigenvalue weighted by molar-refractivity contribution is -0.122. The van der Waals surface area contributed by atoms with E-state index in [1.807, 2.05) is 0 Å². The molecule has 108 valence electrons. The van der Waals surface area contributed by atoms with Crippen LogP contribution in [0.4, 0.5) is 0 Å². The van der Waals surface area contributed by atoms with Crippen molar-refractivity contribution in [3.8, 4) is 0 Å². The highest BCUT2D eigenvalue weighted by molar-refractivity contribution is 5.79. The van der Waals surface area contributed by atoms with Crippen molar-refractivity contribution >= 4 is 5.78 Å². The fourth-order valence-corrected chi connectivity index (χ4v) is 3.44. The number of Topliss-reactive ketones (excluding diaryl/α,β-unsaturated/α-hetero) is 1. The van der Waals surface area contributed by atoms with Crippen molar-refractivity contribution in [2.24, 2.45) is 0 Å². The maximum absolute atomic E-state index is 11.6. The maximum atomic E-state index is 11.6. The van der Waals surface area contributed by atoms with Gasteiger partial charge in [0.25, 0.3) is 0 Å². The molecule has 0 spiro atoms. The van der Waals surface area contributed by atoms with Crippen LogP contribution in [0, 0.1) is 0 Å². The highest BCUT2D eigenvalue weighted by Gasteiger charge is 2.27. The van der Waals surface area contributed by atoms with Gasteiger partial charge in [-0.1, -0.05) is 30.3 Å². The maximum Gasteiger partial charge on any atom is 0.134 e. The molecular formula is C17H24N2O. The SMILES string of the molecule is O=C1CCCC(N2CCN(Cc3ccccc3)CC2)C1.